The van der Waals surface area contributed by atoms with E-state index in [1.165, 1.54) is 41.8 Å². The Balaban J connectivity index is 1.78. The predicted octanol–water partition coefficient (Wildman–Crippen LogP) is 7.16. The van der Waals surface area contributed by atoms with Crippen LogP contribution in [0.2, 0.25) is 5.02 Å². The van der Waals surface area contributed by atoms with Crippen LogP contribution in [0, 0.1) is 22.9 Å². The number of ether oxygens (including phenoxy) is 1. The van der Waals surface area contributed by atoms with Gasteiger partial charge in [0.1, 0.15) is 17.3 Å². The van der Waals surface area contributed by atoms with E-state index >= 15 is 0 Å². The van der Waals surface area contributed by atoms with Gasteiger partial charge in [0.2, 0.25) is 4.80 Å². The molecule has 1 heterocycles. The minimum absolute atomic E-state index is 0.0161. The molecule has 7 nitrogen and oxygen atoms in total. The Morgan fingerprint density at radius 1 is 1.22 bits per heavy atom. The lowest BCUT2D eigenvalue weighted by Crippen LogP contribution is -2.13. The summed E-state index contributed by atoms with van der Waals surface area (Å²) < 4.78 is 21.7. The lowest BCUT2D eigenvalue weighted by Gasteiger charge is -2.09. The number of halogens is 2. The Morgan fingerprint density at radius 3 is 2.81 bits per heavy atom. The van der Waals surface area contributed by atoms with Crippen molar-refractivity contribution in [1.29, 1.82) is 0 Å². The highest BCUT2D eigenvalue weighted by Crippen LogP contribution is 2.29. The summed E-state index contributed by atoms with van der Waals surface area (Å²) in [5, 5.41) is 18.5. The highest BCUT2D eigenvalue weighted by atomic mass is 35.5. The number of thioether (sulfide) groups is 1. The van der Waals surface area contributed by atoms with Gasteiger partial charge in [-0.25, -0.2) is 9.07 Å². The second-order valence-electron chi connectivity index (χ2n) is 7.83. The Kier molecular flexibility index (Phi) is 8.75. The van der Waals surface area contributed by atoms with Crippen LogP contribution in [-0.2, 0) is 0 Å². The fourth-order valence-electron chi connectivity index (χ4n) is 3.41. The molecule has 11 heteroatoms. The van der Waals surface area contributed by atoms with E-state index in [0.29, 0.717) is 50.3 Å². The van der Waals surface area contributed by atoms with Crippen molar-refractivity contribution in [2.24, 2.45) is 10.1 Å². The minimum atomic E-state index is -0.450. The van der Waals surface area contributed by atoms with Crippen molar-refractivity contribution < 1.29 is 14.1 Å². The van der Waals surface area contributed by atoms with Crippen molar-refractivity contribution in [3.8, 4) is 22.8 Å². The Hall–Kier alpha value is -3.47. The van der Waals surface area contributed by atoms with Crippen molar-refractivity contribution in [3.63, 3.8) is 0 Å². The molecule has 0 saturated carbocycles. The van der Waals surface area contributed by atoms with Gasteiger partial charge in [0.15, 0.2) is 0 Å². The average Bonchev–Trinajstić information content (AvgIpc) is 3.27. The molecule has 0 fully saturated rings. The number of hydrogen-bond donors (Lipinski definition) is 0. The van der Waals surface area contributed by atoms with Crippen LogP contribution in [0.25, 0.3) is 11.3 Å². The van der Waals surface area contributed by atoms with Gasteiger partial charge in [-0.05, 0) is 49.6 Å². The first-order valence-corrected chi connectivity index (χ1v) is 13.7. The fourth-order valence-corrected chi connectivity index (χ4v) is 4.72. The Morgan fingerprint density at radius 2 is 2.05 bits per heavy atom. The zero-order valence-corrected chi connectivity index (χ0v) is 22.3. The molecule has 37 heavy (non-hydrogen) atoms. The molecule has 0 radical (unpaired) electrons. The molecule has 4 aromatic rings. The number of nitro groups is 1. The van der Waals surface area contributed by atoms with Crippen molar-refractivity contribution in [2.45, 2.75) is 6.92 Å². The number of nitro benzene ring substituents is 1. The molecule has 1 aromatic heterocycles. The molecule has 0 amide bonds. The summed E-state index contributed by atoms with van der Waals surface area (Å²) >= 11 is 9.11. The van der Waals surface area contributed by atoms with Gasteiger partial charge in [0, 0.05) is 38.9 Å². The van der Waals surface area contributed by atoms with Crippen LogP contribution in [0.15, 0.2) is 76.1 Å². The smallest absolute Gasteiger partial charge is 0.272 e. The molecule has 3 aromatic carbocycles. The zero-order chi connectivity index (χ0) is 26.4. The topological polar surface area (TPSA) is 82.0 Å². The summed E-state index contributed by atoms with van der Waals surface area (Å²) in [6, 6.07) is 16.0. The summed E-state index contributed by atoms with van der Waals surface area (Å²) in [6.07, 6.45) is 3.48. The summed E-state index contributed by atoms with van der Waals surface area (Å²) in [5.41, 5.74) is 2.22. The normalized spacial score (nSPS) is 11.8. The largest absolute Gasteiger partial charge is 0.457 e. The lowest BCUT2D eigenvalue weighted by molar-refractivity contribution is -0.385. The van der Waals surface area contributed by atoms with E-state index in [1.807, 2.05) is 11.6 Å². The SMILES string of the molecule is CSCCN=c1scc(-c2ccc(C)c([N+](=O)[O-])c2)n1/N=C/c1cc(F)ccc1Oc1cccc(Cl)c1. The van der Waals surface area contributed by atoms with E-state index < -0.39 is 10.7 Å². The van der Waals surface area contributed by atoms with E-state index in [4.69, 9.17) is 16.3 Å². The average molecular weight is 557 g/mol. The standard InChI is InChI=1S/C26H22ClFN4O3S2/c1-17-6-7-18(13-23(17)32(33)34)24-16-37-26(29-10-11-36-2)31(24)30-15-19-12-21(28)8-9-25(19)35-22-5-3-4-20(27)14-22/h3-9,12-16H,10-11H2,1-2H3/b29-26?,30-15+. The van der Waals surface area contributed by atoms with Gasteiger partial charge in [-0.1, -0.05) is 29.8 Å². The molecule has 190 valence electrons. The molecule has 0 spiro atoms. The fraction of sp³-hybridized carbons (Fsp3) is 0.154. The zero-order valence-electron chi connectivity index (χ0n) is 19.9. The van der Waals surface area contributed by atoms with E-state index in [2.05, 4.69) is 10.1 Å². The number of thiazole rings is 1. The second-order valence-corrected chi connectivity index (χ2v) is 10.1. The molecule has 0 aliphatic heterocycles. The summed E-state index contributed by atoms with van der Waals surface area (Å²) in [6.45, 7) is 2.27. The van der Waals surface area contributed by atoms with Gasteiger partial charge in [-0.3, -0.25) is 15.1 Å². The maximum atomic E-state index is 14.2. The van der Waals surface area contributed by atoms with E-state index in [1.54, 1.807) is 59.8 Å². The summed E-state index contributed by atoms with van der Waals surface area (Å²) in [4.78, 5) is 16.4. The number of rotatable bonds is 9. The predicted molar refractivity (Wildman–Crippen MR) is 149 cm³/mol. The highest BCUT2D eigenvalue weighted by Gasteiger charge is 2.15. The van der Waals surface area contributed by atoms with E-state index in [-0.39, 0.29) is 5.69 Å². The molecular weight excluding hydrogens is 535 g/mol. The van der Waals surface area contributed by atoms with E-state index in [9.17, 15) is 14.5 Å². The van der Waals surface area contributed by atoms with Crippen molar-refractivity contribution in [3.05, 3.63) is 103 Å². The first kappa shape index (κ1) is 26.6. The number of aromatic nitrogens is 1. The second kappa shape index (κ2) is 12.2. The third kappa shape index (κ3) is 6.65. The molecule has 0 saturated heterocycles. The first-order chi connectivity index (χ1) is 17.9. The van der Waals surface area contributed by atoms with Gasteiger partial charge in [0.05, 0.1) is 23.4 Å². The van der Waals surface area contributed by atoms with Gasteiger partial charge in [0.25, 0.3) is 5.69 Å². The molecule has 0 unspecified atom stereocenters. The highest BCUT2D eigenvalue weighted by molar-refractivity contribution is 7.98. The van der Waals surface area contributed by atoms with Gasteiger partial charge in [-0.15, -0.1) is 11.3 Å². The van der Waals surface area contributed by atoms with Gasteiger partial charge >= 0.3 is 0 Å². The van der Waals surface area contributed by atoms with Crippen LogP contribution < -0.4 is 9.54 Å². The minimum Gasteiger partial charge on any atom is -0.457 e. The molecular formula is C26H22ClFN4O3S2. The van der Waals surface area contributed by atoms with Crippen molar-refractivity contribution >= 4 is 46.6 Å². The number of nitrogens with zero attached hydrogens (tertiary/aromatic N) is 4. The lowest BCUT2D eigenvalue weighted by atomic mass is 10.1. The van der Waals surface area contributed by atoms with Crippen molar-refractivity contribution in [1.82, 2.24) is 4.68 Å². The molecule has 0 N–H and O–H groups in total. The first-order valence-electron chi connectivity index (χ1n) is 11.1. The van der Waals surface area contributed by atoms with Crippen LogP contribution in [-0.4, -0.2) is 34.4 Å². The molecule has 0 bridgehead atoms. The third-order valence-corrected chi connectivity index (χ3v) is 6.92. The van der Waals surface area contributed by atoms with Crippen LogP contribution in [0.3, 0.4) is 0 Å². The number of benzene rings is 3. The molecule has 0 atom stereocenters. The van der Waals surface area contributed by atoms with Crippen molar-refractivity contribution in [2.75, 3.05) is 18.6 Å². The Labute approximate surface area is 226 Å². The van der Waals surface area contributed by atoms with Gasteiger partial charge in [-0.2, -0.15) is 16.9 Å². The van der Waals surface area contributed by atoms with Crippen LogP contribution in [0.5, 0.6) is 11.5 Å². The van der Waals surface area contributed by atoms with Crippen LogP contribution >= 0.6 is 34.7 Å². The summed E-state index contributed by atoms with van der Waals surface area (Å²) in [7, 11) is 0. The number of aryl methyl sites for hydroxylation is 1. The van der Waals surface area contributed by atoms with Crippen LogP contribution in [0.1, 0.15) is 11.1 Å². The molecule has 0 aliphatic carbocycles. The van der Waals surface area contributed by atoms with E-state index in [0.717, 1.165) is 5.75 Å². The summed E-state index contributed by atoms with van der Waals surface area (Å²) in [5.74, 6) is 1.26. The monoisotopic (exact) mass is 556 g/mol. The third-order valence-electron chi connectivity index (χ3n) is 5.24. The maximum absolute atomic E-state index is 14.2. The Bertz CT molecular complexity index is 1530. The molecule has 0 aliphatic rings. The quantitative estimate of drug-likeness (QED) is 0.0947. The maximum Gasteiger partial charge on any atom is 0.272 e. The van der Waals surface area contributed by atoms with Crippen LogP contribution in [0.4, 0.5) is 10.1 Å². The van der Waals surface area contributed by atoms with Gasteiger partial charge < -0.3 is 4.74 Å². The number of hydrogen-bond acceptors (Lipinski definition) is 7. The molecule has 4 rings (SSSR count).